The van der Waals surface area contributed by atoms with E-state index in [1.165, 1.54) is 11.0 Å². The van der Waals surface area contributed by atoms with E-state index in [0.29, 0.717) is 6.54 Å². The molecular weight excluding hydrogens is 330 g/mol. The Labute approximate surface area is 153 Å². The van der Waals surface area contributed by atoms with E-state index in [9.17, 15) is 14.7 Å². The minimum absolute atomic E-state index is 0.178. The molecule has 1 aliphatic rings. The number of aliphatic hydroxyl groups is 1. The van der Waals surface area contributed by atoms with Gasteiger partial charge < -0.3 is 15.0 Å². The quantitative estimate of drug-likeness (QED) is 0.769. The van der Waals surface area contributed by atoms with Gasteiger partial charge in [-0.3, -0.25) is 14.5 Å². The van der Waals surface area contributed by atoms with E-state index in [2.05, 4.69) is 10.2 Å². The molecule has 0 radical (unpaired) electrons. The number of aromatic nitrogens is 1. The predicted molar refractivity (Wildman–Crippen MR) is 102 cm³/mol. The molecule has 2 aromatic rings. The zero-order chi connectivity index (χ0) is 18.5. The first-order valence-electron chi connectivity index (χ1n) is 9.33. The van der Waals surface area contributed by atoms with Crippen molar-refractivity contribution in [2.24, 2.45) is 7.05 Å². The van der Waals surface area contributed by atoms with Crippen LogP contribution >= 0.6 is 0 Å². The van der Waals surface area contributed by atoms with E-state index in [-0.39, 0.29) is 29.7 Å². The zero-order valence-corrected chi connectivity index (χ0v) is 15.3. The van der Waals surface area contributed by atoms with Crippen molar-refractivity contribution in [3.8, 4) is 0 Å². The van der Waals surface area contributed by atoms with Gasteiger partial charge in [-0.15, -0.1) is 0 Å². The smallest absolute Gasteiger partial charge is 0.263 e. The number of aryl methyl sites for hydroxylation is 1. The van der Waals surface area contributed by atoms with E-state index in [1.807, 2.05) is 24.3 Å². The Hall–Kier alpha value is -2.18. The number of likely N-dealkylation sites (tertiary alicyclic amines) is 1. The zero-order valence-electron chi connectivity index (χ0n) is 15.3. The lowest BCUT2D eigenvalue weighted by molar-refractivity contribution is 0.0868. The number of fused-ring (bicyclic) bond motifs is 1. The van der Waals surface area contributed by atoms with Crippen molar-refractivity contribution in [2.75, 3.05) is 26.2 Å². The number of piperidine rings is 1. The Morgan fingerprint density at radius 2 is 2.12 bits per heavy atom. The first-order chi connectivity index (χ1) is 12.6. The average Bonchev–Trinajstić information content (AvgIpc) is 2.68. The number of benzene rings is 1. The molecule has 0 bridgehead atoms. The Morgan fingerprint density at radius 1 is 1.31 bits per heavy atom. The number of para-hydroxylation sites is 1. The summed E-state index contributed by atoms with van der Waals surface area (Å²) in [5.41, 5.74) is 0.712. The molecule has 1 amide bonds. The maximum absolute atomic E-state index is 12.5. The van der Waals surface area contributed by atoms with E-state index >= 15 is 0 Å². The number of carbonyl (C=O) groups is 1. The van der Waals surface area contributed by atoms with Crippen molar-refractivity contribution in [3.05, 3.63) is 46.2 Å². The SMILES string of the molecule is Cn1c(=O)c(C(=O)NCCCN2CCCC[C@H]2CO)cc2ccccc21. The molecule has 0 aliphatic carbocycles. The van der Waals surface area contributed by atoms with Crippen LogP contribution in [0.5, 0.6) is 0 Å². The van der Waals surface area contributed by atoms with Gasteiger partial charge in [-0.25, -0.2) is 0 Å². The third-order valence-electron chi connectivity index (χ3n) is 5.25. The van der Waals surface area contributed by atoms with Crippen LogP contribution in [0.25, 0.3) is 10.9 Å². The summed E-state index contributed by atoms with van der Waals surface area (Å²) in [6.07, 6.45) is 4.17. The van der Waals surface area contributed by atoms with Crippen LogP contribution < -0.4 is 10.9 Å². The summed E-state index contributed by atoms with van der Waals surface area (Å²) < 4.78 is 1.52. The fraction of sp³-hybridized carbons (Fsp3) is 0.500. The lowest BCUT2D eigenvalue weighted by atomic mass is 10.0. The number of hydrogen-bond donors (Lipinski definition) is 2. The van der Waals surface area contributed by atoms with Crippen LogP contribution in [0, 0.1) is 0 Å². The number of carbonyl (C=O) groups excluding carboxylic acids is 1. The van der Waals surface area contributed by atoms with E-state index < -0.39 is 0 Å². The Morgan fingerprint density at radius 3 is 2.92 bits per heavy atom. The summed E-state index contributed by atoms with van der Waals surface area (Å²) in [6.45, 7) is 2.56. The van der Waals surface area contributed by atoms with Gasteiger partial charge in [0.25, 0.3) is 11.5 Å². The second kappa shape index (κ2) is 8.47. The standard InChI is InChI=1S/C20H27N3O3/c1-22-18-9-3-2-7-15(18)13-17(20(22)26)19(25)21-10-6-12-23-11-5-4-8-16(23)14-24/h2-3,7,9,13,16,24H,4-6,8,10-12,14H2,1H3,(H,21,25)/t16-/m0/s1. The molecule has 2 heterocycles. The van der Waals surface area contributed by atoms with Crippen LogP contribution in [0.4, 0.5) is 0 Å². The third-order valence-corrected chi connectivity index (χ3v) is 5.25. The highest BCUT2D eigenvalue weighted by Crippen LogP contribution is 2.16. The highest BCUT2D eigenvalue weighted by molar-refractivity contribution is 5.97. The average molecular weight is 357 g/mol. The monoisotopic (exact) mass is 357 g/mol. The molecule has 1 saturated heterocycles. The maximum atomic E-state index is 12.5. The molecule has 1 aromatic carbocycles. The van der Waals surface area contributed by atoms with Crippen molar-refractivity contribution in [1.82, 2.24) is 14.8 Å². The summed E-state index contributed by atoms with van der Waals surface area (Å²) in [4.78, 5) is 27.2. The number of amides is 1. The van der Waals surface area contributed by atoms with Crippen LogP contribution in [0.3, 0.4) is 0 Å². The minimum atomic E-state index is -0.325. The van der Waals surface area contributed by atoms with Crippen molar-refractivity contribution in [1.29, 1.82) is 0 Å². The van der Waals surface area contributed by atoms with E-state index in [1.54, 1.807) is 13.1 Å². The van der Waals surface area contributed by atoms with Crippen LogP contribution in [0.1, 0.15) is 36.0 Å². The highest BCUT2D eigenvalue weighted by atomic mass is 16.3. The first-order valence-corrected chi connectivity index (χ1v) is 9.33. The fourth-order valence-corrected chi connectivity index (χ4v) is 3.73. The van der Waals surface area contributed by atoms with Gasteiger partial charge in [-0.05, 0) is 43.3 Å². The maximum Gasteiger partial charge on any atom is 0.263 e. The molecule has 140 valence electrons. The molecule has 6 heteroatoms. The van der Waals surface area contributed by atoms with Crippen LogP contribution in [0.15, 0.2) is 35.1 Å². The van der Waals surface area contributed by atoms with Gasteiger partial charge in [-0.1, -0.05) is 24.6 Å². The molecular formula is C20H27N3O3. The predicted octanol–water partition coefficient (Wildman–Crippen LogP) is 1.51. The van der Waals surface area contributed by atoms with E-state index in [0.717, 1.165) is 43.3 Å². The van der Waals surface area contributed by atoms with Gasteiger partial charge >= 0.3 is 0 Å². The van der Waals surface area contributed by atoms with Crippen molar-refractivity contribution >= 4 is 16.8 Å². The van der Waals surface area contributed by atoms with Gasteiger partial charge in [0.05, 0.1) is 12.1 Å². The normalized spacial score (nSPS) is 18.2. The Balaban J connectivity index is 1.59. The van der Waals surface area contributed by atoms with Gasteiger partial charge in [0.15, 0.2) is 0 Å². The van der Waals surface area contributed by atoms with Crippen LogP contribution in [0.2, 0.25) is 0 Å². The third kappa shape index (κ3) is 3.97. The largest absolute Gasteiger partial charge is 0.395 e. The van der Waals surface area contributed by atoms with Crippen LogP contribution in [-0.4, -0.2) is 52.8 Å². The van der Waals surface area contributed by atoms with Gasteiger partial charge in [0.1, 0.15) is 5.56 Å². The minimum Gasteiger partial charge on any atom is -0.395 e. The van der Waals surface area contributed by atoms with Crippen molar-refractivity contribution in [2.45, 2.75) is 31.7 Å². The number of nitrogens with zero attached hydrogens (tertiary/aromatic N) is 2. The number of rotatable bonds is 6. The summed E-state index contributed by atoms with van der Waals surface area (Å²) in [5.74, 6) is -0.325. The fourth-order valence-electron chi connectivity index (χ4n) is 3.73. The molecule has 3 rings (SSSR count). The molecule has 1 atom stereocenters. The summed E-state index contributed by atoms with van der Waals surface area (Å²) >= 11 is 0. The Kier molecular flexibility index (Phi) is 6.06. The second-order valence-electron chi connectivity index (χ2n) is 6.96. The molecule has 1 fully saturated rings. The van der Waals surface area contributed by atoms with Crippen LogP contribution in [-0.2, 0) is 7.05 Å². The topological polar surface area (TPSA) is 74.6 Å². The van der Waals surface area contributed by atoms with Gasteiger partial charge in [0, 0.05) is 26.2 Å². The highest BCUT2D eigenvalue weighted by Gasteiger charge is 2.21. The molecule has 26 heavy (non-hydrogen) atoms. The molecule has 0 spiro atoms. The molecule has 6 nitrogen and oxygen atoms in total. The molecule has 1 aliphatic heterocycles. The number of hydrogen-bond acceptors (Lipinski definition) is 4. The summed E-state index contributed by atoms with van der Waals surface area (Å²) in [5, 5.41) is 13.2. The lowest BCUT2D eigenvalue weighted by Crippen LogP contribution is -2.43. The molecule has 0 unspecified atom stereocenters. The lowest BCUT2D eigenvalue weighted by Gasteiger charge is -2.34. The molecule has 0 saturated carbocycles. The number of pyridine rings is 1. The molecule has 2 N–H and O–H groups in total. The van der Waals surface area contributed by atoms with Gasteiger partial charge in [-0.2, -0.15) is 0 Å². The van der Waals surface area contributed by atoms with Crippen molar-refractivity contribution in [3.63, 3.8) is 0 Å². The van der Waals surface area contributed by atoms with Crippen molar-refractivity contribution < 1.29 is 9.90 Å². The van der Waals surface area contributed by atoms with Gasteiger partial charge in [0.2, 0.25) is 0 Å². The Bertz CT molecular complexity index is 831. The first kappa shape index (κ1) is 18.6. The summed E-state index contributed by atoms with van der Waals surface area (Å²) in [7, 11) is 1.69. The second-order valence-corrected chi connectivity index (χ2v) is 6.96. The number of aliphatic hydroxyl groups excluding tert-OH is 1. The molecule has 1 aromatic heterocycles. The van der Waals surface area contributed by atoms with E-state index in [4.69, 9.17) is 0 Å². The number of nitrogens with one attached hydrogen (secondary N) is 1. The summed E-state index contributed by atoms with van der Waals surface area (Å²) in [6, 6.07) is 9.45.